The average Bonchev–Trinajstić information content (AvgIpc) is 2.87. The lowest BCUT2D eigenvalue weighted by Crippen LogP contribution is -2.12. The van der Waals surface area contributed by atoms with Crippen molar-refractivity contribution in [3.8, 4) is 28.6 Å². The number of primary amides is 1. The molecule has 2 aromatic rings. The number of aromatic nitrogens is 1. The third kappa shape index (κ3) is 2.62. The number of aryl methyl sites for hydroxylation is 1. The van der Waals surface area contributed by atoms with Gasteiger partial charge < -0.3 is 24.4 Å². The monoisotopic (exact) mass is 292 g/mol. The number of methoxy groups -OCH3 is 3. The Balaban J connectivity index is 2.67. The van der Waals surface area contributed by atoms with Crippen LogP contribution in [-0.2, 0) is 0 Å². The van der Waals surface area contributed by atoms with E-state index in [4.69, 9.17) is 24.4 Å². The molecule has 0 bridgehead atoms. The molecule has 1 amide bonds. The lowest BCUT2D eigenvalue weighted by atomic mass is 10.1. The number of nitrogens with two attached hydrogens (primary N) is 1. The smallest absolute Gasteiger partial charge is 0.271 e. The molecule has 0 fully saturated rings. The van der Waals surface area contributed by atoms with E-state index in [1.807, 2.05) is 0 Å². The van der Waals surface area contributed by atoms with E-state index in [2.05, 4.69) is 4.98 Å². The van der Waals surface area contributed by atoms with Crippen LogP contribution >= 0.6 is 0 Å². The fourth-order valence-corrected chi connectivity index (χ4v) is 2.00. The largest absolute Gasteiger partial charge is 0.493 e. The van der Waals surface area contributed by atoms with Gasteiger partial charge in [0.2, 0.25) is 5.75 Å². The highest BCUT2D eigenvalue weighted by molar-refractivity contribution is 5.96. The molecule has 1 aromatic heterocycles. The van der Waals surface area contributed by atoms with Gasteiger partial charge in [-0.3, -0.25) is 4.79 Å². The summed E-state index contributed by atoms with van der Waals surface area (Å²) in [6.07, 6.45) is 0. The number of hydrogen-bond donors (Lipinski definition) is 1. The molecule has 0 aliphatic carbocycles. The molecule has 7 heteroatoms. The van der Waals surface area contributed by atoms with Gasteiger partial charge in [0.15, 0.2) is 28.8 Å². The van der Waals surface area contributed by atoms with Gasteiger partial charge in [0.1, 0.15) is 0 Å². The quantitative estimate of drug-likeness (QED) is 0.902. The number of carbonyl (C=O) groups excluding carboxylic acids is 1. The number of ether oxygens (including phenoxy) is 3. The van der Waals surface area contributed by atoms with Crippen LogP contribution < -0.4 is 19.9 Å². The second-order valence-electron chi connectivity index (χ2n) is 4.19. The SMILES string of the molecule is COc1cc(-c2oc(C)nc2C(N)=O)cc(OC)c1OC. The zero-order valence-corrected chi connectivity index (χ0v) is 12.2. The van der Waals surface area contributed by atoms with Gasteiger partial charge >= 0.3 is 0 Å². The summed E-state index contributed by atoms with van der Waals surface area (Å²) in [4.78, 5) is 15.4. The van der Waals surface area contributed by atoms with E-state index in [0.717, 1.165) is 0 Å². The first kappa shape index (κ1) is 14.7. The summed E-state index contributed by atoms with van der Waals surface area (Å²) >= 11 is 0. The maximum Gasteiger partial charge on any atom is 0.271 e. The maximum atomic E-state index is 11.5. The van der Waals surface area contributed by atoms with Crippen LogP contribution in [0.2, 0.25) is 0 Å². The summed E-state index contributed by atoms with van der Waals surface area (Å²) < 4.78 is 21.2. The Morgan fingerprint density at radius 2 is 1.71 bits per heavy atom. The molecule has 0 aliphatic heterocycles. The van der Waals surface area contributed by atoms with Crippen molar-refractivity contribution in [2.75, 3.05) is 21.3 Å². The van der Waals surface area contributed by atoms with E-state index in [1.165, 1.54) is 21.3 Å². The predicted molar refractivity (Wildman–Crippen MR) is 74.8 cm³/mol. The van der Waals surface area contributed by atoms with E-state index in [1.54, 1.807) is 19.1 Å². The Morgan fingerprint density at radius 1 is 1.14 bits per heavy atom. The highest BCUT2D eigenvalue weighted by Gasteiger charge is 2.21. The Kier molecular flexibility index (Phi) is 4.02. The standard InChI is InChI=1S/C14H16N2O5/c1-7-16-11(14(15)17)12(21-7)8-5-9(18-2)13(20-4)10(6-8)19-3/h5-6H,1-4H3,(H2,15,17). The number of carbonyl (C=O) groups is 1. The van der Waals surface area contributed by atoms with Crippen molar-refractivity contribution in [1.82, 2.24) is 4.98 Å². The summed E-state index contributed by atoms with van der Waals surface area (Å²) in [5.41, 5.74) is 5.93. The molecule has 2 rings (SSSR count). The first-order chi connectivity index (χ1) is 10.0. The zero-order valence-electron chi connectivity index (χ0n) is 12.2. The van der Waals surface area contributed by atoms with Gasteiger partial charge in [-0.1, -0.05) is 0 Å². The van der Waals surface area contributed by atoms with Crippen LogP contribution in [0.4, 0.5) is 0 Å². The summed E-state index contributed by atoms with van der Waals surface area (Å²) in [6, 6.07) is 3.32. The molecule has 0 atom stereocenters. The minimum Gasteiger partial charge on any atom is -0.493 e. The van der Waals surface area contributed by atoms with E-state index < -0.39 is 5.91 Å². The van der Waals surface area contributed by atoms with Crippen molar-refractivity contribution in [3.05, 3.63) is 23.7 Å². The van der Waals surface area contributed by atoms with E-state index >= 15 is 0 Å². The Hall–Kier alpha value is -2.70. The molecule has 0 saturated carbocycles. The normalized spacial score (nSPS) is 10.3. The highest BCUT2D eigenvalue weighted by atomic mass is 16.5. The highest BCUT2D eigenvalue weighted by Crippen LogP contribution is 2.41. The lowest BCUT2D eigenvalue weighted by molar-refractivity contribution is 0.0996. The second-order valence-corrected chi connectivity index (χ2v) is 4.19. The third-order valence-corrected chi connectivity index (χ3v) is 2.89. The number of benzene rings is 1. The molecule has 0 unspecified atom stereocenters. The number of rotatable bonds is 5. The van der Waals surface area contributed by atoms with Crippen LogP contribution in [0.3, 0.4) is 0 Å². The summed E-state index contributed by atoms with van der Waals surface area (Å²) in [5, 5.41) is 0. The van der Waals surface area contributed by atoms with Crippen LogP contribution in [0.1, 0.15) is 16.4 Å². The molecule has 0 saturated heterocycles. The molecular formula is C14H16N2O5. The predicted octanol–water partition coefficient (Wildman–Crippen LogP) is 1.77. The molecule has 21 heavy (non-hydrogen) atoms. The number of nitrogens with zero attached hydrogens (tertiary/aromatic N) is 1. The van der Waals surface area contributed by atoms with Gasteiger partial charge in [-0.2, -0.15) is 0 Å². The average molecular weight is 292 g/mol. The molecule has 2 N–H and O–H groups in total. The van der Waals surface area contributed by atoms with Crippen molar-refractivity contribution >= 4 is 5.91 Å². The van der Waals surface area contributed by atoms with Crippen LogP contribution in [0.5, 0.6) is 17.2 Å². The Morgan fingerprint density at radius 3 is 2.14 bits per heavy atom. The van der Waals surface area contributed by atoms with Crippen molar-refractivity contribution in [1.29, 1.82) is 0 Å². The van der Waals surface area contributed by atoms with Gasteiger partial charge in [-0.05, 0) is 12.1 Å². The third-order valence-electron chi connectivity index (χ3n) is 2.89. The molecule has 1 aromatic carbocycles. The van der Waals surface area contributed by atoms with Crippen molar-refractivity contribution in [3.63, 3.8) is 0 Å². The molecule has 1 heterocycles. The molecule has 0 aliphatic rings. The molecular weight excluding hydrogens is 276 g/mol. The van der Waals surface area contributed by atoms with Gasteiger partial charge in [0.25, 0.3) is 5.91 Å². The van der Waals surface area contributed by atoms with Gasteiger partial charge in [0.05, 0.1) is 21.3 Å². The van der Waals surface area contributed by atoms with Crippen LogP contribution in [0.25, 0.3) is 11.3 Å². The number of oxazole rings is 1. The number of amides is 1. The second kappa shape index (κ2) is 5.74. The van der Waals surface area contributed by atoms with Crippen molar-refractivity contribution < 1.29 is 23.4 Å². The zero-order chi connectivity index (χ0) is 15.6. The molecule has 112 valence electrons. The summed E-state index contributed by atoms with van der Waals surface area (Å²) in [6.45, 7) is 1.63. The maximum absolute atomic E-state index is 11.5. The molecule has 0 spiro atoms. The van der Waals surface area contributed by atoms with Crippen LogP contribution in [-0.4, -0.2) is 32.2 Å². The van der Waals surface area contributed by atoms with Crippen molar-refractivity contribution in [2.45, 2.75) is 6.92 Å². The van der Waals surface area contributed by atoms with Gasteiger partial charge in [0, 0.05) is 12.5 Å². The fourth-order valence-electron chi connectivity index (χ4n) is 2.00. The van der Waals surface area contributed by atoms with Crippen molar-refractivity contribution in [2.24, 2.45) is 5.73 Å². The summed E-state index contributed by atoms with van der Waals surface area (Å²) in [5.74, 6) is 1.26. The van der Waals surface area contributed by atoms with Crippen LogP contribution in [0.15, 0.2) is 16.5 Å². The first-order valence-corrected chi connectivity index (χ1v) is 6.09. The molecule has 0 radical (unpaired) electrons. The minimum atomic E-state index is -0.671. The lowest BCUT2D eigenvalue weighted by Gasteiger charge is -2.13. The number of hydrogen-bond acceptors (Lipinski definition) is 6. The minimum absolute atomic E-state index is 0.0572. The van der Waals surface area contributed by atoms with E-state index in [9.17, 15) is 4.79 Å². The van der Waals surface area contributed by atoms with E-state index in [-0.39, 0.29) is 11.5 Å². The van der Waals surface area contributed by atoms with E-state index in [0.29, 0.717) is 28.7 Å². The van der Waals surface area contributed by atoms with Gasteiger partial charge in [-0.25, -0.2) is 4.98 Å². The summed E-state index contributed by atoms with van der Waals surface area (Å²) in [7, 11) is 4.51. The van der Waals surface area contributed by atoms with Crippen LogP contribution in [0, 0.1) is 6.92 Å². The topological polar surface area (TPSA) is 96.8 Å². The Labute approximate surface area is 121 Å². The Bertz CT molecular complexity index is 653. The first-order valence-electron chi connectivity index (χ1n) is 6.09. The van der Waals surface area contributed by atoms with Gasteiger partial charge in [-0.15, -0.1) is 0 Å². The molecule has 7 nitrogen and oxygen atoms in total. The fraction of sp³-hybridized carbons (Fsp3) is 0.286.